The Balaban J connectivity index is 1.78. The molecule has 0 bridgehead atoms. The molecule has 0 aliphatic carbocycles. The van der Waals surface area contributed by atoms with Gasteiger partial charge in [0.05, 0.1) is 24.6 Å². The lowest BCUT2D eigenvalue weighted by molar-refractivity contribution is -0.945. The van der Waals surface area contributed by atoms with E-state index in [4.69, 9.17) is 5.73 Å². The molecule has 0 amide bonds. The summed E-state index contributed by atoms with van der Waals surface area (Å²) in [6.07, 6.45) is 2.76. The highest BCUT2D eigenvalue weighted by Crippen LogP contribution is 2.25. The van der Waals surface area contributed by atoms with Crippen LogP contribution < -0.4 is 5.73 Å². The van der Waals surface area contributed by atoms with Gasteiger partial charge in [-0.15, -0.1) is 0 Å². The van der Waals surface area contributed by atoms with Gasteiger partial charge in [0.1, 0.15) is 6.54 Å². The largest absolute Gasteiger partial charge is 0.327 e. The zero-order valence-corrected chi connectivity index (χ0v) is 14.5. The summed E-state index contributed by atoms with van der Waals surface area (Å²) >= 11 is 0. The highest BCUT2D eigenvalue weighted by atomic mass is 16.6. The smallest absolute Gasteiger partial charge is 0.272 e. The summed E-state index contributed by atoms with van der Waals surface area (Å²) in [4.78, 5) is 11.0. The molecule has 3 rings (SSSR count). The molecule has 132 valence electrons. The van der Waals surface area contributed by atoms with Gasteiger partial charge in [-0.3, -0.25) is 10.1 Å². The predicted octanol–water partition coefficient (Wildman–Crippen LogP) is 3.28. The number of likely N-dealkylation sites (tertiary alicyclic amines) is 1. The summed E-state index contributed by atoms with van der Waals surface area (Å²) in [6.45, 7) is 3.95. The third-order valence-corrected chi connectivity index (χ3v) is 5.35. The Morgan fingerprint density at radius 1 is 1.04 bits per heavy atom. The van der Waals surface area contributed by atoms with Crippen LogP contribution in [0.2, 0.25) is 0 Å². The molecule has 2 aromatic rings. The van der Waals surface area contributed by atoms with Crippen LogP contribution in [0.5, 0.6) is 0 Å². The molecule has 1 aliphatic heterocycles. The van der Waals surface area contributed by atoms with Crippen LogP contribution >= 0.6 is 0 Å². The van der Waals surface area contributed by atoms with Crippen molar-refractivity contribution in [1.29, 1.82) is 0 Å². The monoisotopic (exact) mass is 340 g/mol. The first kappa shape index (κ1) is 17.6. The second-order valence-electron chi connectivity index (χ2n) is 7.13. The average molecular weight is 340 g/mol. The predicted molar refractivity (Wildman–Crippen MR) is 99.0 cm³/mol. The minimum atomic E-state index is -0.275. The topological polar surface area (TPSA) is 69.2 Å². The van der Waals surface area contributed by atoms with Gasteiger partial charge in [-0.25, -0.2) is 0 Å². The minimum absolute atomic E-state index is 0.231. The highest BCUT2D eigenvalue weighted by Gasteiger charge is 2.33. The van der Waals surface area contributed by atoms with Crippen molar-refractivity contribution >= 4 is 5.69 Å². The molecule has 0 aromatic heterocycles. The van der Waals surface area contributed by atoms with Crippen molar-refractivity contribution in [2.24, 2.45) is 5.73 Å². The summed E-state index contributed by atoms with van der Waals surface area (Å²) in [7, 11) is 0. The van der Waals surface area contributed by atoms with Crippen LogP contribution in [-0.2, 0) is 13.0 Å². The van der Waals surface area contributed by atoms with Crippen LogP contribution in [0.25, 0.3) is 0 Å². The molecular formula is C20H26N3O2+. The van der Waals surface area contributed by atoms with E-state index in [0.29, 0.717) is 0 Å². The van der Waals surface area contributed by atoms with E-state index in [0.717, 1.165) is 55.5 Å². The Labute approximate surface area is 148 Å². The summed E-state index contributed by atoms with van der Waals surface area (Å²) in [5.41, 5.74) is 8.50. The molecular weight excluding hydrogens is 314 g/mol. The quantitative estimate of drug-likeness (QED) is 0.498. The number of hydrogen-bond donors (Lipinski definition) is 1. The number of nitrogens with zero attached hydrogens (tertiary/aromatic N) is 2. The van der Waals surface area contributed by atoms with Crippen molar-refractivity contribution in [3.63, 3.8) is 0 Å². The Hall–Kier alpha value is -2.24. The van der Waals surface area contributed by atoms with Crippen LogP contribution in [0, 0.1) is 10.1 Å². The van der Waals surface area contributed by atoms with Crippen molar-refractivity contribution in [3.05, 3.63) is 75.8 Å². The fraction of sp³-hybridized carbons (Fsp3) is 0.400. The number of para-hydroxylation sites is 1. The average Bonchev–Trinajstić information content (AvgIpc) is 2.63. The van der Waals surface area contributed by atoms with E-state index in [1.165, 1.54) is 5.56 Å². The number of nitrogens with two attached hydrogens (primary N) is 1. The second kappa shape index (κ2) is 7.76. The molecule has 0 spiro atoms. The molecule has 1 heterocycles. The Morgan fingerprint density at radius 3 is 2.36 bits per heavy atom. The molecule has 2 N–H and O–H groups in total. The Bertz CT molecular complexity index is 710. The molecule has 1 fully saturated rings. The van der Waals surface area contributed by atoms with Gasteiger partial charge in [0, 0.05) is 42.5 Å². The number of rotatable bonds is 6. The minimum Gasteiger partial charge on any atom is -0.327 e. The fourth-order valence-electron chi connectivity index (χ4n) is 3.82. The van der Waals surface area contributed by atoms with E-state index in [-0.39, 0.29) is 16.7 Å². The van der Waals surface area contributed by atoms with Crippen LogP contribution in [0.15, 0.2) is 54.6 Å². The zero-order chi connectivity index (χ0) is 17.7. The lowest BCUT2D eigenvalue weighted by Crippen LogP contribution is -2.55. The third-order valence-electron chi connectivity index (χ3n) is 5.35. The summed E-state index contributed by atoms with van der Waals surface area (Å²) < 4.78 is 0.962. The van der Waals surface area contributed by atoms with Gasteiger partial charge in [0.15, 0.2) is 0 Å². The number of hydrogen-bond acceptors (Lipinski definition) is 3. The molecule has 0 unspecified atom stereocenters. The first-order valence-corrected chi connectivity index (χ1v) is 8.95. The van der Waals surface area contributed by atoms with E-state index < -0.39 is 0 Å². The molecule has 5 nitrogen and oxygen atoms in total. The number of quaternary nitrogens is 1. The maximum Gasteiger partial charge on any atom is 0.272 e. The van der Waals surface area contributed by atoms with Crippen molar-refractivity contribution in [1.82, 2.24) is 0 Å². The first-order chi connectivity index (χ1) is 12.1. The van der Waals surface area contributed by atoms with E-state index >= 15 is 0 Å². The first-order valence-electron chi connectivity index (χ1n) is 8.95. The van der Waals surface area contributed by atoms with Crippen molar-refractivity contribution < 1.29 is 9.41 Å². The normalized spacial score (nSPS) is 23.3. The molecule has 2 aromatic carbocycles. The Kier molecular flexibility index (Phi) is 5.46. The maximum atomic E-state index is 11.3. The van der Waals surface area contributed by atoms with Crippen LogP contribution in [0.4, 0.5) is 5.69 Å². The molecule has 25 heavy (non-hydrogen) atoms. The summed E-state index contributed by atoms with van der Waals surface area (Å²) in [5, 5.41) is 11.3. The zero-order valence-electron chi connectivity index (χ0n) is 14.5. The van der Waals surface area contributed by atoms with Gasteiger partial charge in [0.25, 0.3) is 5.69 Å². The lowest BCUT2D eigenvalue weighted by Gasteiger charge is -2.43. The number of nitro groups is 1. The number of benzene rings is 2. The number of nitro benzene ring substituents is 1. The Morgan fingerprint density at radius 2 is 1.68 bits per heavy atom. The van der Waals surface area contributed by atoms with E-state index in [1.54, 1.807) is 12.1 Å². The van der Waals surface area contributed by atoms with E-state index in [9.17, 15) is 10.1 Å². The van der Waals surface area contributed by atoms with Crippen molar-refractivity contribution in [3.8, 4) is 0 Å². The van der Waals surface area contributed by atoms with E-state index in [2.05, 4.69) is 24.3 Å². The van der Waals surface area contributed by atoms with Gasteiger partial charge in [-0.2, -0.15) is 0 Å². The van der Waals surface area contributed by atoms with E-state index in [1.807, 2.05) is 18.2 Å². The van der Waals surface area contributed by atoms with Crippen LogP contribution in [0.3, 0.4) is 0 Å². The standard InChI is InChI=1S/C20H26N3O2/c21-19-11-14-23(15-12-19,16-17-6-2-1-3-7-17)13-10-18-8-4-5-9-20(18)22(24)25/h1-9,19H,10-16,21H2/q+1. The molecule has 5 heteroatoms. The molecule has 1 aliphatic rings. The number of piperidine rings is 1. The van der Waals surface area contributed by atoms with Crippen LogP contribution in [0.1, 0.15) is 24.0 Å². The van der Waals surface area contributed by atoms with Gasteiger partial charge >= 0.3 is 0 Å². The highest BCUT2D eigenvalue weighted by molar-refractivity contribution is 5.39. The maximum absolute atomic E-state index is 11.3. The third kappa shape index (κ3) is 4.44. The SMILES string of the molecule is NC1CC[N+](CCc2ccccc2[N+](=O)[O-])(Cc2ccccc2)CC1. The molecule has 1 saturated heterocycles. The fourth-order valence-corrected chi connectivity index (χ4v) is 3.82. The van der Waals surface area contributed by atoms with Crippen molar-refractivity contribution in [2.75, 3.05) is 19.6 Å². The van der Waals surface area contributed by atoms with Gasteiger partial charge < -0.3 is 10.2 Å². The second-order valence-corrected chi connectivity index (χ2v) is 7.13. The summed E-state index contributed by atoms with van der Waals surface area (Å²) in [5.74, 6) is 0. The lowest BCUT2D eigenvalue weighted by atomic mass is 9.99. The van der Waals surface area contributed by atoms with Gasteiger partial charge in [-0.05, 0) is 0 Å². The molecule has 0 atom stereocenters. The summed E-state index contributed by atoms with van der Waals surface area (Å²) in [6, 6.07) is 17.9. The van der Waals surface area contributed by atoms with Crippen molar-refractivity contribution in [2.45, 2.75) is 31.8 Å². The van der Waals surface area contributed by atoms with Gasteiger partial charge in [0.2, 0.25) is 0 Å². The molecule has 0 radical (unpaired) electrons. The molecule has 0 saturated carbocycles. The van der Waals surface area contributed by atoms with Crippen LogP contribution in [-0.4, -0.2) is 35.1 Å². The van der Waals surface area contributed by atoms with Gasteiger partial charge in [-0.1, -0.05) is 48.5 Å².